The molecule has 0 aliphatic carbocycles. The number of carbonyl (C=O) groups excluding carboxylic acids is 1. The van der Waals surface area contributed by atoms with Gasteiger partial charge in [-0.25, -0.2) is 4.39 Å². The highest BCUT2D eigenvalue weighted by atomic mass is 19.1. The van der Waals surface area contributed by atoms with E-state index < -0.39 is 17.8 Å². The van der Waals surface area contributed by atoms with Gasteiger partial charge in [0.15, 0.2) is 0 Å². The second-order valence-electron chi connectivity index (χ2n) is 4.94. The molecule has 7 heteroatoms. The Morgan fingerprint density at radius 2 is 2.14 bits per heavy atom. The minimum Gasteiger partial charge on any atom is -0.507 e. The van der Waals surface area contributed by atoms with Gasteiger partial charge in [-0.15, -0.1) is 0 Å². The molecule has 0 aromatic heterocycles. The lowest BCUT2D eigenvalue weighted by Crippen LogP contribution is -2.44. The molecule has 0 radical (unpaired) electrons. The molecule has 1 heterocycles. The first-order valence-electron chi connectivity index (χ1n) is 6.81. The van der Waals surface area contributed by atoms with Crippen LogP contribution in [0.25, 0.3) is 0 Å². The summed E-state index contributed by atoms with van der Waals surface area (Å²) in [5, 5.41) is 21.9. The zero-order valence-electron chi connectivity index (χ0n) is 11.6. The van der Waals surface area contributed by atoms with E-state index >= 15 is 0 Å². The molecular formula is C14H19FN2O4. The second-order valence-corrected chi connectivity index (χ2v) is 4.94. The van der Waals surface area contributed by atoms with Crippen LogP contribution in [-0.2, 0) is 4.74 Å². The van der Waals surface area contributed by atoms with Crippen LogP contribution in [0, 0.1) is 5.82 Å². The maximum atomic E-state index is 13.1. The van der Waals surface area contributed by atoms with Crippen LogP contribution in [0.15, 0.2) is 18.2 Å². The molecule has 1 aromatic carbocycles. The molecule has 21 heavy (non-hydrogen) atoms. The van der Waals surface area contributed by atoms with E-state index in [0.717, 1.165) is 31.3 Å². The minimum atomic E-state index is -0.734. The first-order chi connectivity index (χ1) is 10.1. The van der Waals surface area contributed by atoms with E-state index in [0.29, 0.717) is 19.8 Å². The van der Waals surface area contributed by atoms with Crippen LogP contribution in [0.5, 0.6) is 5.75 Å². The van der Waals surface area contributed by atoms with Crippen molar-refractivity contribution in [1.82, 2.24) is 10.2 Å². The number of carbonyl (C=O) groups is 1. The molecule has 6 nitrogen and oxygen atoms in total. The average Bonchev–Trinajstić information content (AvgIpc) is 2.48. The molecule has 1 aromatic rings. The van der Waals surface area contributed by atoms with Crippen LogP contribution in [0.2, 0.25) is 0 Å². The van der Waals surface area contributed by atoms with Crippen LogP contribution in [0.3, 0.4) is 0 Å². The number of morpholine rings is 1. The van der Waals surface area contributed by atoms with Crippen LogP contribution in [0.4, 0.5) is 4.39 Å². The summed E-state index contributed by atoms with van der Waals surface area (Å²) in [5.74, 6) is -1.52. The number of aliphatic hydroxyl groups is 1. The fourth-order valence-electron chi connectivity index (χ4n) is 2.14. The van der Waals surface area contributed by atoms with Gasteiger partial charge in [0.2, 0.25) is 0 Å². The number of amides is 1. The van der Waals surface area contributed by atoms with Gasteiger partial charge < -0.3 is 20.3 Å². The molecule has 1 amide bonds. The number of rotatable bonds is 5. The lowest BCUT2D eigenvalue weighted by Gasteiger charge is -2.28. The predicted octanol–water partition coefficient (Wildman–Crippen LogP) is -0.0458. The number of phenols is 1. The molecular weight excluding hydrogens is 279 g/mol. The standard InChI is InChI=1S/C14H19FN2O4/c15-10-1-2-13(19)12(7-10)14(20)16-8-11(18)9-17-3-5-21-6-4-17/h1-2,7,11,18-19H,3-6,8-9H2,(H,16,20). The number of phenolic OH excluding ortho intramolecular Hbond substituents is 1. The molecule has 3 N–H and O–H groups in total. The lowest BCUT2D eigenvalue weighted by molar-refractivity contribution is 0.0149. The Kier molecular flexibility index (Phi) is 5.49. The molecule has 0 saturated carbocycles. The number of aliphatic hydroxyl groups excluding tert-OH is 1. The van der Waals surface area contributed by atoms with Crippen molar-refractivity contribution in [2.45, 2.75) is 6.10 Å². The summed E-state index contributed by atoms with van der Waals surface area (Å²) in [6.45, 7) is 3.22. The molecule has 0 spiro atoms. The van der Waals surface area contributed by atoms with Gasteiger partial charge in [0, 0.05) is 26.2 Å². The van der Waals surface area contributed by atoms with Crippen molar-refractivity contribution < 1.29 is 24.1 Å². The number of nitrogens with one attached hydrogen (secondary N) is 1. The van der Waals surface area contributed by atoms with Gasteiger partial charge >= 0.3 is 0 Å². The summed E-state index contributed by atoms with van der Waals surface area (Å²) in [6, 6.07) is 3.15. The third-order valence-electron chi connectivity index (χ3n) is 3.27. The highest BCUT2D eigenvalue weighted by Crippen LogP contribution is 2.17. The van der Waals surface area contributed by atoms with Gasteiger partial charge in [0.05, 0.1) is 24.9 Å². The number of β-amino-alcohol motifs (C(OH)–C–C–N with tert-alkyl or cyclic N) is 1. The maximum absolute atomic E-state index is 13.1. The van der Waals surface area contributed by atoms with E-state index in [1.807, 2.05) is 4.90 Å². The summed E-state index contributed by atoms with van der Waals surface area (Å²) in [5.41, 5.74) is -0.145. The van der Waals surface area contributed by atoms with Crippen molar-refractivity contribution in [3.63, 3.8) is 0 Å². The molecule has 1 fully saturated rings. The Bertz CT molecular complexity index is 492. The summed E-state index contributed by atoms with van der Waals surface area (Å²) >= 11 is 0. The number of nitrogens with zero attached hydrogens (tertiary/aromatic N) is 1. The van der Waals surface area contributed by atoms with Crippen molar-refractivity contribution in [1.29, 1.82) is 0 Å². The number of ether oxygens (including phenoxy) is 1. The van der Waals surface area contributed by atoms with Gasteiger partial charge in [-0.1, -0.05) is 0 Å². The van der Waals surface area contributed by atoms with Crippen molar-refractivity contribution in [2.75, 3.05) is 39.4 Å². The van der Waals surface area contributed by atoms with E-state index in [1.54, 1.807) is 0 Å². The molecule has 1 unspecified atom stereocenters. The number of hydrogen-bond acceptors (Lipinski definition) is 5. The summed E-state index contributed by atoms with van der Waals surface area (Å²) in [6.07, 6.45) is -0.734. The molecule has 1 aliphatic rings. The van der Waals surface area contributed by atoms with E-state index in [-0.39, 0.29) is 17.9 Å². The Labute approximate surface area is 122 Å². The monoisotopic (exact) mass is 298 g/mol. The summed E-state index contributed by atoms with van der Waals surface area (Å²) in [4.78, 5) is 13.9. The molecule has 1 saturated heterocycles. The summed E-state index contributed by atoms with van der Waals surface area (Å²) < 4.78 is 18.3. The van der Waals surface area contributed by atoms with E-state index in [1.165, 1.54) is 0 Å². The first-order valence-corrected chi connectivity index (χ1v) is 6.81. The number of hydrogen-bond donors (Lipinski definition) is 3. The second kappa shape index (κ2) is 7.35. The van der Waals surface area contributed by atoms with Crippen molar-refractivity contribution in [3.8, 4) is 5.75 Å². The molecule has 116 valence electrons. The largest absolute Gasteiger partial charge is 0.507 e. The quantitative estimate of drug-likeness (QED) is 0.710. The fourth-order valence-corrected chi connectivity index (χ4v) is 2.14. The topological polar surface area (TPSA) is 82.0 Å². The zero-order chi connectivity index (χ0) is 15.2. The minimum absolute atomic E-state index is 0.0339. The zero-order valence-corrected chi connectivity index (χ0v) is 11.6. The van der Waals surface area contributed by atoms with E-state index in [9.17, 15) is 19.4 Å². The van der Waals surface area contributed by atoms with Crippen molar-refractivity contribution >= 4 is 5.91 Å². The maximum Gasteiger partial charge on any atom is 0.255 e. The van der Waals surface area contributed by atoms with Crippen LogP contribution < -0.4 is 5.32 Å². The summed E-state index contributed by atoms with van der Waals surface area (Å²) in [7, 11) is 0. The van der Waals surface area contributed by atoms with Crippen LogP contribution >= 0.6 is 0 Å². The van der Waals surface area contributed by atoms with Crippen molar-refractivity contribution in [2.24, 2.45) is 0 Å². The average molecular weight is 298 g/mol. The molecule has 0 bridgehead atoms. The highest BCUT2D eigenvalue weighted by molar-refractivity contribution is 5.96. The van der Waals surface area contributed by atoms with E-state index in [2.05, 4.69) is 5.32 Å². The Morgan fingerprint density at radius 1 is 1.43 bits per heavy atom. The lowest BCUT2D eigenvalue weighted by atomic mass is 10.2. The molecule has 2 rings (SSSR count). The van der Waals surface area contributed by atoms with Gasteiger partial charge in [-0.2, -0.15) is 0 Å². The third kappa shape index (κ3) is 4.66. The SMILES string of the molecule is O=C(NCC(O)CN1CCOCC1)c1cc(F)ccc1O. The highest BCUT2D eigenvalue weighted by Gasteiger charge is 2.17. The molecule has 1 aliphatic heterocycles. The van der Waals surface area contributed by atoms with Crippen LogP contribution in [0.1, 0.15) is 10.4 Å². The van der Waals surface area contributed by atoms with Gasteiger partial charge in [-0.3, -0.25) is 9.69 Å². The third-order valence-corrected chi connectivity index (χ3v) is 3.27. The fraction of sp³-hybridized carbons (Fsp3) is 0.500. The molecule has 1 atom stereocenters. The number of halogens is 1. The Balaban J connectivity index is 1.81. The number of benzene rings is 1. The first kappa shape index (κ1) is 15.7. The van der Waals surface area contributed by atoms with Gasteiger partial charge in [-0.05, 0) is 18.2 Å². The van der Waals surface area contributed by atoms with Gasteiger partial charge in [0.1, 0.15) is 11.6 Å². The normalized spacial score (nSPS) is 17.4. The van der Waals surface area contributed by atoms with Crippen LogP contribution in [-0.4, -0.2) is 66.5 Å². The van der Waals surface area contributed by atoms with Gasteiger partial charge in [0.25, 0.3) is 5.91 Å². The van der Waals surface area contributed by atoms with Crippen molar-refractivity contribution in [3.05, 3.63) is 29.6 Å². The Hall–Kier alpha value is -1.70. The smallest absolute Gasteiger partial charge is 0.255 e. The predicted molar refractivity (Wildman–Crippen MR) is 73.7 cm³/mol. The van der Waals surface area contributed by atoms with E-state index in [4.69, 9.17) is 4.74 Å². The Morgan fingerprint density at radius 3 is 2.86 bits per heavy atom. The number of aromatic hydroxyl groups is 1.